The van der Waals surface area contributed by atoms with E-state index >= 15 is 4.39 Å². The summed E-state index contributed by atoms with van der Waals surface area (Å²) in [5, 5.41) is 5.19. The van der Waals surface area contributed by atoms with Gasteiger partial charge in [0.25, 0.3) is 5.91 Å². The standard InChI is InChI=1S/C28H31F4N7O2/c1-17-10-22(28(30,31)32)21(15-33-17)26(40)36-24-11-20(18-13-34-27(35-14-18)38-6-8-41-9-7-38)23(29)12-25(24)39-5-4-19(16-39)37(2)3/h10-15,19,33H,1,4-9,16H2,2-3H3,(H,36,40). The van der Waals surface area contributed by atoms with E-state index in [1.54, 1.807) is 0 Å². The minimum absolute atomic E-state index is 0.00551. The molecular weight excluding hydrogens is 542 g/mol. The first kappa shape index (κ1) is 28.6. The van der Waals surface area contributed by atoms with Crippen molar-refractivity contribution >= 4 is 23.2 Å². The highest BCUT2D eigenvalue weighted by molar-refractivity contribution is 6.09. The number of morpholine rings is 1. The molecule has 0 aliphatic carbocycles. The second-order valence-electron chi connectivity index (χ2n) is 10.3. The van der Waals surface area contributed by atoms with Crippen LogP contribution in [0.5, 0.6) is 0 Å². The predicted molar refractivity (Wildman–Crippen MR) is 148 cm³/mol. The van der Waals surface area contributed by atoms with Crippen LogP contribution in [-0.2, 0) is 9.53 Å². The lowest BCUT2D eigenvalue weighted by molar-refractivity contribution is -0.115. The first-order valence-electron chi connectivity index (χ1n) is 13.2. The molecule has 0 radical (unpaired) electrons. The molecule has 1 atom stereocenters. The smallest absolute Gasteiger partial charge is 0.378 e. The summed E-state index contributed by atoms with van der Waals surface area (Å²) in [4.78, 5) is 28.0. The Kier molecular flexibility index (Phi) is 8.00. The van der Waals surface area contributed by atoms with Crippen molar-refractivity contribution < 1.29 is 27.1 Å². The van der Waals surface area contributed by atoms with Crippen LogP contribution in [0.25, 0.3) is 11.1 Å². The van der Waals surface area contributed by atoms with Gasteiger partial charge in [-0.1, -0.05) is 6.58 Å². The van der Waals surface area contributed by atoms with Gasteiger partial charge in [0.1, 0.15) is 5.82 Å². The number of rotatable bonds is 6. The summed E-state index contributed by atoms with van der Waals surface area (Å²) < 4.78 is 62.3. The predicted octanol–water partition coefficient (Wildman–Crippen LogP) is 3.69. The van der Waals surface area contributed by atoms with Crippen molar-refractivity contribution in [3.63, 3.8) is 0 Å². The Labute approximate surface area is 235 Å². The Morgan fingerprint density at radius 3 is 2.49 bits per heavy atom. The molecular formula is C28H31F4N7O2. The molecule has 1 amide bonds. The van der Waals surface area contributed by atoms with E-state index < -0.39 is 29.0 Å². The second kappa shape index (κ2) is 11.5. The Morgan fingerprint density at radius 2 is 1.85 bits per heavy atom. The molecule has 0 bridgehead atoms. The third kappa shape index (κ3) is 6.20. The molecule has 2 fully saturated rings. The van der Waals surface area contributed by atoms with E-state index in [-0.39, 0.29) is 23.0 Å². The zero-order chi connectivity index (χ0) is 29.3. The van der Waals surface area contributed by atoms with Crippen LogP contribution in [0.1, 0.15) is 6.42 Å². The Hall–Kier alpha value is -3.97. The third-order valence-electron chi connectivity index (χ3n) is 7.37. The molecule has 2 aromatic rings. The number of nitrogens with one attached hydrogen (secondary N) is 2. The number of benzene rings is 1. The van der Waals surface area contributed by atoms with Crippen LogP contribution in [0.15, 0.2) is 60.2 Å². The molecule has 2 N–H and O–H groups in total. The number of likely N-dealkylation sites (N-methyl/N-ethyl adjacent to an activating group) is 1. The summed E-state index contributed by atoms with van der Waals surface area (Å²) in [6.45, 7) is 7.02. The van der Waals surface area contributed by atoms with Gasteiger partial charge >= 0.3 is 6.18 Å². The minimum Gasteiger partial charge on any atom is -0.378 e. The van der Waals surface area contributed by atoms with Gasteiger partial charge in [-0.2, -0.15) is 13.2 Å². The minimum atomic E-state index is -4.78. The number of alkyl halides is 3. The fourth-order valence-electron chi connectivity index (χ4n) is 5.06. The highest BCUT2D eigenvalue weighted by atomic mass is 19.4. The van der Waals surface area contributed by atoms with Gasteiger partial charge in [-0.3, -0.25) is 4.79 Å². The Balaban J connectivity index is 1.49. The molecule has 41 heavy (non-hydrogen) atoms. The maximum Gasteiger partial charge on any atom is 0.417 e. The fraction of sp³-hybridized carbons (Fsp3) is 0.393. The van der Waals surface area contributed by atoms with Crippen molar-refractivity contribution in [1.82, 2.24) is 20.2 Å². The van der Waals surface area contributed by atoms with Gasteiger partial charge in [0.2, 0.25) is 5.95 Å². The molecule has 3 aliphatic heterocycles. The molecule has 4 heterocycles. The van der Waals surface area contributed by atoms with Gasteiger partial charge in [-0.25, -0.2) is 14.4 Å². The average molecular weight is 574 g/mol. The summed E-state index contributed by atoms with van der Waals surface area (Å²) >= 11 is 0. The normalized spacial score (nSPS) is 19.7. The van der Waals surface area contributed by atoms with E-state index in [1.165, 1.54) is 24.5 Å². The average Bonchev–Trinajstić information content (AvgIpc) is 3.44. The van der Waals surface area contributed by atoms with E-state index in [9.17, 15) is 18.0 Å². The van der Waals surface area contributed by atoms with E-state index in [0.29, 0.717) is 56.6 Å². The number of amides is 1. The van der Waals surface area contributed by atoms with E-state index in [0.717, 1.165) is 18.7 Å². The number of aromatic nitrogens is 2. The first-order chi connectivity index (χ1) is 19.5. The van der Waals surface area contributed by atoms with Crippen LogP contribution in [0.2, 0.25) is 0 Å². The summed E-state index contributed by atoms with van der Waals surface area (Å²) in [5.74, 6) is -1.08. The van der Waals surface area contributed by atoms with Crippen molar-refractivity contribution in [3.05, 3.63) is 66.0 Å². The van der Waals surface area contributed by atoms with Crippen LogP contribution in [0, 0.1) is 5.82 Å². The number of hydrogen-bond donors (Lipinski definition) is 2. The maximum atomic E-state index is 15.6. The zero-order valence-electron chi connectivity index (χ0n) is 22.8. The molecule has 3 aliphatic rings. The number of anilines is 3. The van der Waals surface area contributed by atoms with Crippen LogP contribution in [0.3, 0.4) is 0 Å². The number of hydrogen-bond acceptors (Lipinski definition) is 8. The van der Waals surface area contributed by atoms with Crippen LogP contribution in [-0.4, -0.2) is 86.5 Å². The quantitative estimate of drug-likeness (QED) is 0.507. The third-order valence-corrected chi connectivity index (χ3v) is 7.37. The zero-order valence-corrected chi connectivity index (χ0v) is 22.8. The number of allylic oxidation sites excluding steroid dienone is 1. The molecule has 9 nitrogen and oxygen atoms in total. The van der Waals surface area contributed by atoms with Gasteiger partial charge in [-0.05, 0) is 38.7 Å². The number of carbonyl (C=O) groups excluding carboxylic acids is 1. The lowest BCUT2D eigenvalue weighted by atomic mass is 10.0. The van der Waals surface area contributed by atoms with Crippen molar-refractivity contribution in [1.29, 1.82) is 0 Å². The molecule has 218 valence electrons. The highest BCUT2D eigenvalue weighted by Gasteiger charge is 2.40. The molecule has 13 heteroatoms. The largest absolute Gasteiger partial charge is 0.417 e. The van der Waals surface area contributed by atoms with Gasteiger partial charge in [0.05, 0.1) is 35.7 Å². The van der Waals surface area contributed by atoms with E-state index in [2.05, 4.69) is 32.1 Å². The van der Waals surface area contributed by atoms with E-state index in [4.69, 9.17) is 4.74 Å². The van der Waals surface area contributed by atoms with Crippen LogP contribution < -0.4 is 20.4 Å². The maximum absolute atomic E-state index is 15.6. The Bertz CT molecular complexity index is 1380. The number of dihydropyridines is 1. The lowest BCUT2D eigenvalue weighted by Crippen LogP contribution is -2.37. The highest BCUT2D eigenvalue weighted by Crippen LogP contribution is 2.38. The monoisotopic (exact) mass is 573 g/mol. The number of ether oxygens (including phenoxy) is 1. The summed E-state index contributed by atoms with van der Waals surface area (Å²) in [7, 11) is 3.89. The molecule has 1 unspecified atom stereocenters. The van der Waals surface area contributed by atoms with Crippen molar-refractivity contribution in [2.24, 2.45) is 0 Å². The van der Waals surface area contributed by atoms with Gasteiger partial charge in [-0.15, -0.1) is 0 Å². The number of nitrogens with zero attached hydrogens (tertiary/aromatic N) is 5. The SMILES string of the molecule is C=C1C=C(C(F)(F)F)C(C(=O)Nc2cc(-c3cnc(N4CCOCC4)nc3)c(F)cc2N2CCC(N(C)C)C2)=CN1. The molecule has 0 saturated carbocycles. The fourth-order valence-corrected chi connectivity index (χ4v) is 5.06. The molecule has 1 aromatic carbocycles. The van der Waals surface area contributed by atoms with Crippen LogP contribution >= 0.6 is 0 Å². The second-order valence-corrected chi connectivity index (χ2v) is 10.3. The Morgan fingerprint density at radius 1 is 1.15 bits per heavy atom. The van der Waals surface area contributed by atoms with Crippen molar-refractivity contribution in [2.45, 2.75) is 18.6 Å². The molecule has 0 spiro atoms. The molecule has 1 aromatic heterocycles. The van der Waals surface area contributed by atoms with Crippen molar-refractivity contribution in [3.8, 4) is 11.1 Å². The summed E-state index contributed by atoms with van der Waals surface area (Å²) in [6.07, 6.45) is 0.756. The van der Waals surface area contributed by atoms with Crippen molar-refractivity contribution in [2.75, 3.05) is 68.6 Å². The topological polar surface area (TPSA) is 85.9 Å². The lowest BCUT2D eigenvalue weighted by Gasteiger charge is -2.27. The molecule has 5 rings (SSSR count). The molecule has 2 saturated heterocycles. The van der Waals surface area contributed by atoms with Gasteiger partial charge in [0, 0.05) is 67.6 Å². The van der Waals surface area contributed by atoms with E-state index in [1.807, 2.05) is 23.9 Å². The summed E-state index contributed by atoms with van der Waals surface area (Å²) in [6, 6.07) is 2.92. The van der Waals surface area contributed by atoms with Gasteiger partial charge < -0.3 is 30.1 Å². The van der Waals surface area contributed by atoms with Gasteiger partial charge in [0.15, 0.2) is 0 Å². The summed E-state index contributed by atoms with van der Waals surface area (Å²) in [5.41, 5.74) is -0.699. The van der Waals surface area contributed by atoms with Crippen LogP contribution in [0.4, 0.5) is 34.9 Å². The number of halogens is 4. The first-order valence-corrected chi connectivity index (χ1v) is 13.2. The number of carbonyl (C=O) groups is 1.